The standard InChI is InChI=1S/C18H19ClO/c1-3-6-17(18(19)20)16-10-5-9-15(12-16)14-8-4-7-13(2)11-14/h4-5,7-12,17H,3,6H2,1-2H3. The van der Waals surface area contributed by atoms with Crippen LogP contribution in [0.2, 0.25) is 0 Å². The Morgan fingerprint density at radius 2 is 1.75 bits per heavy atom. The summed E-state index contributed by atoms with van der Waals surface area (Å²) >= 11 is 5.74. The fourth-order valence-corrected chi connectivity index (χ4v) is 2.69. The van der Waals surface area contributed by atoms with Gasteiger partial charge in [-0.1, -0.05) is 67.4 Å². The molecule has 0 aromatic heterocycles. The van der Waals surface area contributed by atoms with Crippen LogP contribution in [0.25, 0.3) is 11.1 Å². The van der Waals surface area contributed by atoms with Gasteiger partial charge in [0, 0.05) is 0 Å². The number of benzene rings is 2. The van der Waals surface area contributed by atoms with Gasteiger partial charge in [-0.2, -0.15) is 0 Å². The number of hydrogen-bond donors (Lipinski definition) is 0. The van der Waals surface area contributed by atoms with Crippen LogP contribution in [-0.4, -0.2) is 5.24 Å². The average Bonchev–Trinajstić information content (AvgIpc) is 2.44. The lowest BCUT2D eigenvalue weighted by molar-refractivity contribution is -0.113. The predicted molar refractivity (Wildman–Crippen MR) is 85.1 cm³/mol. The molecule has 0 spiro atoms. The maximum absolute atomic E-state index is 11.6. The van der Waals surface area contributed by atoms with Gasteiger partial charge in [-0.05, 0) is 41.6 Å². The Bertz CT molecular complexity index is 604. The molecular formula is C18H19ClO. The minimum absolute atomic E-state index is 0.202. The quantitative estimate of drug-likeness (QED) is 0.681. The van der Waals surface area contributed by atoms with E-state index in [4.69, 9.17) is 11.6 Å². The van der Waals surface area contributed by atoms with Gasteiger partial charge in [-0.25, -0.2) is 0 Å². The first-order valence-electron chi connectivity index (χ1n) is 6.98. The third-order valence-electron chi connectivity index (χ3n) is 3.49. The Morgan fingerprint density at radius 1 is 1.10 bits per heavy atom. The number of rotatable bonds is 5. The van der Waals surface area contributed by atoms with Crippen molar-refractivity contribution in [1.29, 1.82) is 0 Å². The second-order valence-corrected chi connectivity index (χ2v) is 5.51. The molecule has 2 heteroatoms. The highest BCUT2D eigenvalue weighted by molar-refractivity contribution is 6.64. The molecule has 0 heterocycles. The number of hydrogen-bond acceptors (Lipinski definition) is 1. The zero-order valence-electron chi connectivity index (χ0n) is 11.9. The first kappa shape index (κ1) is 14.8. The van der Waals surface area contributed by atoms with Crippen molar-refractivity contribution in [3.63, 3.8) is 0 Å². The van der Waals surface area contributed by atoms with Crippen LogP contribution >= 0.6 is 11.6 Å². The zero-order valence-corrected chi connectivity index (χ0v) is 12.7. The third kappa shape index (κ3) is 3.49. The summed E-state index contributed by atoms with van der Waals surface area (Å²) in [7, 11) is 0. The van der Waals surface area contributed by atoms with E-state index in [1.165, 1.54) is 11.1 Å². The lowest BCUT2D eigenvalue weighted by Gasteiger charge is -2.13. The van der Waals surface area contributed by atoms with Gasteiger partial charge in [-0.15, -0.1) is 0 Å². The van der Waals surface area contributed by atoms with Crippen molar-refractivity contribution in [2.75, 3.05) is 0 Å². The highest BCUT2D eigenvalue weighted by atomic mass is 35.5. The summed E-state index contributed by atoms with van der Waals surface area (Å²) < 4.78 is 0. The highest BCUT2D eigenvalue weighted by Crippen LogP contribution is 2.28. The lowest BCUT2D eigenvalue weighted by Crippen LogP contribution is -2.06. The van der Waals surface area contributed by atoms with Crippen molar-refractivity contribution in [3.8, 4) is 11.1 Å². The van der Waals surface area contributed by atoms with Crippen molar-refractivity contribution in [1.82, 2.24) is 0 Å². The molecule has 2 rings (SSSR count). The van der Waals surface area contributed by atoms with E-state index in [2.05, 4.69) is 44.2 Å². The number of carbonyl (C=O) groups is 1. The minimum Gasteiger partial charge on any atom is -0.281 e. The van der Waals surface area contributed by atoms with Crippen LogP contribution in [0, 0.1) is 6.92 Å². The topological polar surface area (TPSA) is 17.1 Å². The molecule has 0 aliphatic rings. The summed E-state index contributed by atoms with van der Waals surface area (Å²) in [6, 6.07) is 16.5. The summed E-state index contributed by atoms with van der Waals surface area (Å²) in [5.74, 6) is -0.202. The molecule has 104 valence electrons. The van der Waals surface area contributed by atoms with Crippen LogP contribution < -0.4 is 0 Å². The van der Waals surface area contributed by atoms with Crippen molar-refractivity contribution in [3.05, 3.63) is 59.7 Å². The van der Waals surface area contributed by atoms with Gasteiger partial charge in [0.25, 0.3) is 0 Å². The molecule has 0 N–H and O–H groups in total. The predicted octanol–water partition coefficient (Wildman–Crippen LogP) is 5.31. The number of aryl methyl sites for hydroxylation is 1. The monoisotopic (exact) mass is 286 g/mol. The summed E-state index contributed by atoms with van der Waals surface area (Å²) in [5.41, 5.74) is 4.53. The maximum atomic E-state index is 11.6. The molecule has 0 radical (unpaired) electrons. The molecule has 0 saturated heterocycles. The summed E-state index contributed by atoms with van der Waals surface area (Å²) in [6.07, 6.45) is 1.73. The van der Waals surface area contributed by atoms with Crippen molar-refractivity contribution >= 4 is 16.8 Å². The molecule has 2 aromatic carbocycles. The minimum atomic E-state index is -0.270. The normalized spacial score (nSPS) is 12.2. The van der Waals surface area contributed by atoms with E-state index < -0.39 is 0 Å². The van der Waals surface area contributed by atoms with Crippen LogP contribution in [0.15, 0.2) is 48.5 Å². The van der Waals surface area contributed by atoms with E-state index >= 15 is 0 Å². The molecule has 0 aliphatic heterocycles. The van der Waals surface area contributed by atoms with E-state index in [9.17, 15) is 4.79 Å². The van der Waals surface area contributed by atoms with E-state index in [0.29, 0.717) is 0 Å². The maximum Gasteiger partial charge on any atom is 0.229 e. The third-order valence-corrected chi connectivity index (χ3v) is 3.76. The van der Waals surface area contributed by atoms with Crippen molar-refractivity contribution < 1.29 is 4.79 Å². The van der Waals surface area contributed by atoms with E-state index in [1.54, 1.807) is 0 Å². The van der Waals surface area contributed by atoms with Gasteiger partial charge in [0.1, 0.15) is 0 Å². The van der Waals surface area contributed by atoms with Gasteiger partial charge in [0.05, 0.1) is 5.92 Å². The van der Waals surface area contributed by atoms with Crippen LogP contribution in [0.5, 0.6) is 0 Å². The molecule has 0 saturated carbocycles. The van der Waals surface area contributed by atoms with E-state index in [-0.39, 0.29) is 11.2 Å². The molecule has 1 atom stereocenters. The summed E-state index contributed by atoms with van der Waals surface area (Å²) in [6.45, 7) is 4.15. The van der Waals surface area contributed by atoms with Gasteiger partial charge < -0.3 is 0 Å². The smallest absolute Gasteiger partial charge is 0.229 e. The summed E-state index contributed by atoms with van der Waals surface area (Å²) in [5, 5.41) is -0.270. The van der Waals surface area contributed by atoms with Gasteiger partial charge >= 0.3 is 0 Å². The van der Waals surface area contributed by atoms with Crippen LogP contribution in [0.3, 0.4) is 0 Å². The van der Waals surface area contributed by atoms with Gasteiger partial charge in [0.2, 0.25) is 5.24 Å². The molecule has 1 unspecified atom stereocenters. The number of halogens is 1. The average molecular weight is 287 g/mol. The van der Waals surface area contributed by atoms with E-state index in [1.807, 2.05) is 18.2 Å². The molecule has 0 amide bonds. The van der Waals surface area contributed by atoms with Gasteiger partial charge in [-0.3, -0.25) is 4.79 Å². The molecule has 0 aliphatic carbocycles. The van der Waals surface area contributed by atoms with Gasteiger partial charge in [0.15, 0.2) is 0 Å². The highest BCUT2D eigenvalue weighted by Gasteiger charge is 2.18. The van der Waals surface area contributed by atoms with Crippen molar-refractivity contribution in [2.45, 2.75) is 32.6 Å². The fourth-order valence-electron chi connectivity index (χ4n) is 2.46. The molecule has 0 fully saturated rings. The Labute approximate surface area is 125 Å². The van der Waals surface area contributed by atoms with Crippen LogP contribution in [-0.2, 0) is 4.79 Å². The SMILES string of the molecule is CCCC(C(=O)Cl)c1cccc(-c2cccc(C)c2)c1. The molecule has 0 bridgehead atoms. The zero-order chi connectivity index (χ0) is 14.5. The Balaban J connectivity index is 2.39. The lowest BCUT2D eigenvalue weighted by atomic mass is 9.92. The molecular weight excluding hydrogens is 268 g/mol. The molecule has 20 heavy (non-hydrogen) atoms. The number of carbonyl (C=O) groups excluding carboxylic acids is 1. The molecule has 1 nitrogen and oxygen atoms in total. The molecule has 2 aromatic rings. The fraction of sp³-hybridized carbons (Fsp3) is 0.278. The first-order chi connectivity index (χ1) is 9.61. The van der Waals surface area contributed by atoms with E-state index in [0.717, 1.165) is 24.0 Å². The van der Waals surface area contributed by atoms with Crippen LogP contribution in [0.1, 0.15) is 36.8 Å². The Hall–Kier alpha value is -1.60. The second-order valence-electron chi connectivity index (χ2n) is 5.14. The second kappa shape index (κ2) is 6.71. The Morgan fingerprint density at radius 3 is 2.35 bits per heavy atom. The summed E-state index contributed by atoms with van der Waals surface area (Å²) in [4.78, 5) is 11.6. The van der Waals surface area contributed by atoms with Crippen LogP contribution in [0.4, 0.5) is 0 Å². The Kier molecular flexibility index (Phi) is 4.97. The largest absolute Gasteiger partial charge is 0.281 e. The van der Waals surface area contributed by atoms with Crippen molar-refractivity contribution in [2.24, 2.45) is 0 Å². The first-order valence-corrected chi connectivity index (χ1v) is 7.36.